The van der Waals surface area contributed by atoms with Gasteiger partial charge in [-0.25, -0.2) is 0 Å². The van der Waals surface area contributed by atoms with Crippen molar-refractivity contribution < 1.29 is 9.47 Å². The topological polar surface area (TPSA) is 21.8 Å². The highest BCUT2D eigenvalue weighted by atomic mass is 16.6. The first-order chi connectivity index (χ1) is 7.60. The van der Waals surface area contributed by atoms with Crippen molar-refractivity contribution in [3.8, 4) is 5.75 Å². The first-order valence-electron chi connectivity index (χ1n) is 6.03. The first-order valence-corrected chi connectivity index (χ1v) is 6.03. The van der Waals surface area contributed by atoms with Gasteiger partial charge in [-0.15, -0.1) is 0 Å². The Morgan fingerprint density at radius 1 is 1.31 bits per heavy atom. The quantitative estimate of drug-likeness (QED) is 0.710. The lowest BCUT2D eigenvalue weighted by molar-refractivity contribution is 0.0336. The molecule has 16 heavy (non-hydrogen) atoms. The van der Waals surface area contributed by atoms with Crippen LogP contribution in [0.2, 0.25) is 0 Å². The van der Waals surface area contributed by atoms with E-state index in [1.54, 1.807) is 0 Å². The fourth-order valence-electron chi connectivity index (χ4n) is 2.90. The highest BCUT2D eigenvalue weighted by molar-refractivity contribution is 5.42. The van der Waals surface area contributed by atoms with Crippen LogP contribution in [0.1, 0.15) is 38.9 Å². The molecule has 0 saturated carbocycles. The molecule has 1 aromatic rings. The summed E-state index contributed by atoms with van der Waals surface area (Å²) in [7, 11) is 0. The number of fused-ring (bicyclic) bond motifs is 3. The van der Waals surface area contributed by atoms with Crippen molar-refractivity contribution in [1.82, 2.24) is 0 Å². The molecule has 1 fully saturated rings. The molecule has 2 nitrogen and oxygen atoms in total. The molecule has 0 aliphatic carbocycles. The molecule has 86 valence electrons. The van der Waals surface area contributed by atoms with Crippen molar-refractivity contribution in [3.05, 3.63) is 29.8 Å². The molecule has 0 bridgehead atoms. The van der Waals surface area contributed by atoms with Crippen LogP contribution in [-0.2, 0) is 4.74 Å². The van der Waals surface area contributed by atoms with Gasteiger partial charge in [0, 0.05) is 5.56 Å². The molecular weight excluding hydrogens is 200 g/mol. The maximum atomic E-state index is 6.16. The summed E-state index contributed by atoms with van der Waals surface area (Å²) in [5.41, 5.74) is 1.07. The number of hydrogen-bond acceptors (Lipinski definition) is 2. The van der Waals surface area contributed by atoms with Crippen molar-refractivity contribution in [1.29, 1.82) is 0 Å². The SMILES string of the molecule is CC(C)C[C@@]1(C)Oc2ccccc2[C@@H]2O[C@@H]21. The third kappa shape index (κ3) is 1.44. The molecule has 3 atom stereocenters. The zero-order valence-electron chi connectivity index (χ0n) is 10.1. The van der Waals surface area contributed by atoms with Crippen LogP contribution in [0, 0.1) is 5.92 Å². The van der Waals surface area contributed by atoms with Gasteiger partial charge in [-0.05, 0) is 25.3 Å². The Morgan fingerprint density at radius 3 is 2.81 bits per heavy atom. The van der Waals surface area contributed by atoms with Gasteiger partial charge in [0.15, 0.2) is 0 Å². The lowest BCUT2D eigenvalue weighted by Crippen LogP contribution is -2.42. The summed E-state index contributed by atoms with van der Waals surface area (Å²) < 4.78 is 12.0. The Balaban J connectivity index is 1.93. The average Bonchev–Trinajstić information content (AvgIpc) is 2.96. The van der Waals surface area contributed by atoms with Gasteiger partial charge in [0.2, 0.25) is 0 Å². The second kappa shape index (κ2) is 3.24. The lowest BCUT2D eigenvalue weighted by atomic mass is 9.86. The predicted molar refractivity (Wildman–Crippen MR) is 62.5 cm³/mol. The molecule has 3 rings (SSSR count). The number of rotatable bonds is 2. The predicted octanol–water partition coefficient (Wildman–Crippen LogP) is 3.32. The Kier molecular flexibility index (Phi) is 2.05. The Hall–Kier alpha value is -1.02. The summed E-state index contributed by atoms with van der Waals surface area (Å²) >= 11 is 0. The number of epoxide rings is 1. The van der Waals surface area contributed by atoms with Gasteiger partial charge in [0.1, 0.15) is 23.6 Å². The normalized spacial score (nSPS) is 35.2. The molecule has 1 aromatic carbocycles. The van der Waals surface area contributed by atoms with Crippen molar-refractivity contribution in [2.24, 2.45) is 5.92 Å². The van der Waals surface area contributed by atoms with Crippen LogP contribution in [0.15, 0.2) is 24.3 Å². The number of para-hydroxylation sites is 1. The summed E-state index contributed by atoms with van der Waals surface area (Å²) in [6.45, 7) is 6.63. The second-order valence-corrected chi connectivity index (χ2v) is 5.53. The molecule has 1 saturated heterocycles. The second-order valence-electron chi connectivity index (χ2n) is 5.53. The van der Waals surface area contributed by atoms with Gasteiger partial charge in [0.05, 0.1) is 0 Å². The maximum Gasteiger partial charge on any atom is 0.135 e. The number of hydrogen-bond donors (Lipinski definition) is 0. The molecule has 0 N–H and O–H groups in total. The molecule has 0 unspecified atom stereocenters. The Morgan fingerprint density at radius 2 is 2.06 bits per heavy atom. The fraction of sp³-hybridized carbons (Fsp3) is 0.571. The van der Waals surface area contributed by atoms with Crippen LogP contribution in [-0.4, -0.2) is 11.7 Å². The number of benzene rings is 1. The summed E-state index contributed by atoms with van der Waals surface area (Å²) in [6.07, 6.45) is 1.57. The van der Waals surface area contributed by atoms with E-state index in [4.69, 9.17) is 9.47 Å². The average molecular weight is 218 g/mol. The maximum absolute atomic E-state index is 6.16. The summed E-state index contributed by atoms with van der Waals surface area (Å²) in [4.78, 5) is 0. The highest BCUT2D eigenvalue weighted by Gasteiger charge is 2.58. The number of ether oxygens (including phenoxy) is 2. The van der Waals surface area contributed by atoms with Crippen LogP contribution in [0.3, 0.4) is 0 Å². The van der Waals surface area contributed by atoms with Crippen LogP contribution >= 0.6 is 0 Å². The zero-order valence-corrected chi connectivity index (χ0v) is 10.1. The third-order valence-corrected chi connectivity index (χ3v) is 3.48. The minimum absolute atomic E-state index is 0.146. The molecule has 2 aliphatic rings. The van der Waals surface area contributed by atoms with E-state index in [2.05, 4.69) is 26.8 Å². The van der Waals surface area contributed by atoms with E-state index in [0.717, 1.165) is 12.2 Å². The van der Waals surface area contributed by atoms with E-state index in [1.807, 2.05) is 18.2 Å². The van der Waals surface area contributed by atoms with Gasteiger partial charge in [-0.1, -0.05) is 32.0 Å². The van der Waals surface area contributed by atoms with Crippen LogP contribution in [0.5, 0.6) is 5.75 Å². The highest BCUT2D eigenvalue weighted by Crippen LogP contribution is 2.55. The van der Waals surface area contributed by atoms with E-state index in [1.165, 1.54) is 5.56 Å². The Labute approximate surface area is 96.6 Å². The summed E-state index contributed by atoms with van der Waals surface area (Å²) in [5, 5.41) is 0. The van der Waals surface area contributed by atoms with Crippen molar-refractivity contribution in [2.75, 3.05) is 0 Å². The first kappa shape index (κ1) is 10.2. The van der Waals surface area contributed by atoms with Crippen LogP contribution < -0.4 is 4.74 Å². The van der Waals surface area contributed by atoms with E-state index in [9.17, 15) is 0 Å². The Bertz CT molecular complexity index is 413. The minimum atomic E-state index is -0.146. The lowest BCUT2D eigenvalue weighted by Gasteiger charge is -2.34. The molecule has 0 aromatic heterocycles. The van der Waals surface area contributed by atoms with Crippen LogP contribution in [0.25, 0.3) is 0 Å². The molecule has 2 aliphatic heterocycles. The van der Waals surface area contributed by atoms with Crippen molar-refractivity contribution in [3.63, 3.8) is 0 Å². The molecule has 0 radical (unpaired) electrons. The molecule has 2 heterocycles. The van der Waals surface area contributed by atoms with Crippen molar-refractivity contribution >= 4 is 0 Å². The fourth-order valence-corrected chi connectivity index (χ4v) is 2.90. The largest absolute Gasteiger partial charge is 0.484 e. The molecule has 2 heteroatoms. The molecule has 0 amide bonds. The molecule has 0 spiro atoms. The van der Waals surface area contributed by atoms with Gasteiger partial charge < -0.3 is 9.47 Å². The summed E-state index contributed by atoms with van der Waals surface area (Å²) in [6, 6.07) is 8.23. The standard InChI is InChI=1S/C14H18O2/c1-9(2)8-14(3)13-12(15-13)10-6-4-5-7-11(10)16-14/h4-7,9,12-13H,8H2,1-3H3/t12-,13-,14+/m0/s1. The monoisotopic (exact) mass is 218 g/mol. The van der Waals surface area contributed by atoms with Crippen LogP contribution in [0.4, 0.5) is 0 Å². The summed E-state index contributed by atoms with van der Waals surface area (Å²) in [5.74, 6) is 1.63. The van der Waals surface area contributed by atoms with Gasteiger partial charge in [-0.2, -0.15) is 0 Å². The van der Waals surface area contributed by atoms with E-state index in [0.29, 0.717) is 5.92 Å². The van der Waals surface area contributed by atoms with E-state index >= 15 is 0 Å². The van der Waals surface area contributed by atoms with Gasteiger partial charge >= 0.3 is 0 Å². The smallest absolute Gasteiger partial charge is 0.135 e. The van der Waals surface area contributed by atoms with Gasteiger partial charge in [0.25, 0.3) is 0 Å². The third-order valence-electron chi connectivity index (χ3n) is 3.48. The van der Waals surface area contributed by atoms with E-state index < -0.39 is 0 Å². The van der Waals surface area contributed by atoms with E-state index in [-0.39, 0.29) is 17.8 Å². The zero-order chi connectivity index (χ0) is 11.3. The van der Waals surface area contributed by atoms with Gasteiger partial charge in [-0.3, -0.25) is 0 Å². The molecular formula is C14H18O2. The van der Waals surface area contributed by atoms with Crippen molar-refractivity contribution in [2.45, 2.75) is 45.0 Å². The minimum Gasteiger partial charge on any atom is -0.484 e.